The van der Waals surface area contributed by atoms with Crippen molar-refractivity contribution < 1.29 is 24.2 Å². The molecule has 1 aromatic carbocycles. The second kappa shape index (κ2) is 9.16. The molecule has 1 fully saturated rings. The first-order valence-corrected chi connectivity index (χ1v) is 10.6. The van der Waals surface area contributed by atoms with Crippen LogP contribution < -0.4 is 10.6 Å². The maximum atomic E-state index is 13.3. The summed E-state index contributed by atoms with van der Waals surface area (Å²) in [6, 6.07) is 5.25. The quantitative estimate of drug-likeness (QED) is 0.639. The highest BCUT2D eigenvalue weighted by atomic mass is 16.6. The highest BCUT2D eigenvalue weighted by molar-refractivity contribution is 5.91. The number of nitrogens with one attached hydrogen (secondary N) is 2. The Kier molecular flexibility index (Phi) is 7.24. The smallest absolute Gasteiger partial charge is 0.408 e. The Hall–Kier alpha value is -2.77. The van der Waals surface area contributed by atoms with Crippen molar-refractivity contribution in [2.24, 2.45) is 5.92 Å². The van der Waals surface area contributed by atoms with E-state index in [-0.39, 0.29) is 36.1 Å². The summed E-state index contributed by atoms with van der Waals surface area (Å²) in [7, 11) is 0. The number of carbonyl (C=O) groups is 3. The van der Waals surface area contributed by atoms with Gasteiger partial charge in [-0.15, -0.1) is 0 Å². The minimum absolute atomic E-state index is 0.0722. The van der Waals surface area contributed by atoms with Crippen LogP contribution in [0, 0.1) is 5.92 Å². The molecular formula is C23H35N3O5. The Morgan fingerprint density at radius 1 is 1.13 bits per heavy atom. The van der Waals surface area contributed by atoms with E-state index < -0.39 is 23.3 Å². The predicted molar refractivity (Wildman–Crippen MR) is 117 cm³/mol. The van der Waals surface area contributed by atoms with Crippen LogP contribution in [0.5, 0.6) is 5.75 Å². The van der Waals surface area contributed by atoms with Crippen LogP contribution in [0.1, 0.15) is 66.5 Å². The average Bonchev–Trinajstić information content (AvgIpc) is 3.31. The molecule has 3 unspecified atom stereocenters. The van der Waals surface area contributed by atoms with Crippen molar-refractivity contribution >= 4 is 17.9 Å². The van der Waals surface area contributed by atoms with Gasteiger partial charge in [0.1, 0.15) is 23.9 Å². The summed E-state index contributed by atoms with van der Waals surface area (Å²) >= 11 is 0. The van der Waals surface area contributed by atoms with Gasteiger partial charge in [0.05, 0.1) is 0 Å². The van der Waals surface area contributed by atoms with E-state index >= 15 is 0 Å². The molecule has 31 heavy (non-hydrogen) atoms. The molecule has 8 nitrogen and oxygen atoms in total. The number of hydrogen-bond acceptors (Lipinski definition) is 5. The van der Waals surface area contributed by atoms with Gasteiger partial charge >= 0.3 is 6.09 Å². The van der Waals surface area contributed by atoms with Gasteiger partial charge in [0, 0.05) is 11.6 Å². The number of carbonyl (C=O) groups excluding carboxylic acids is 3. The van der Waals surface area contributed by atoms with Crippen LogP contribution in [-0.4, -0.2) is 51.6 Å². The minimum Gasteiger partial charge on any atom is -0.508 e. The van der Waals surface area contributed by atoms with Crippen molar-refractivity contribution in [3.05, 3.63) is 29.8 Å². The van der Waals surface area contributed by atoms with Crippen LogP contribution in [0.4, 0.5) is 4.79 Å². The summed E-state index contributed by atoms with van der Waals surface area (Å²) in [6.07, 6.45) is 0.0835. The third-order valence-corrected chi connectivity index (χ3v) is 4.73. The molecular weight excluding hydrogens is 398 g/mol. The Morgan fingerprint density at radius 2 is 1.68 bits per heavy atom. The van der Waals surface area contributed by atoms with Gasteiger partial charge in [-0.25, -0.2) is 4.79 Å². The topological polar surface area (TPSA) is 108 Å². The molecule has 1 aliphatic rings. The lowest BCUT2D eigenvalue weighted by Gasteiger charge is -2.34. The number of nitrogens with zero attached hydrogens (tertiary/aromatic N) is 1. The summed E-state index contributed by atoms with van der Waals surface area (Å²) in [5.74, 6) is -0.374. The normalized spacial score (nSPS) is 19.2. The number of alkyl carbamates (subject to hydrolysis) is 1. The standard InChI is InChI=1S/C23H35N3O5/c1-14-12-17(14)26(18(28)13-24-21(30)31-23(5,6)7)19(20(29)25-22(2,3)4)15-8-10-16(27)11-9-15/h8-11,14,17,19,27H,12-13H2,1-7H3,(H,24,30)(H,25,29). The number of rotatable bonds is 6. The van der Waals surface area contributed by atoms with Gasteiger partial charge in [0.25, 0.3) is 0 Å². The second-order valence-corrected chi connectivity index (χ2v) is 10.2. The molecule has 3 atom stereocenters. The summed E-state index contributed by atoms with van der Waals surface area (Å²) in [6.45, 7) is 12.6. The summed E-state index contributed by atoms with van der Waals surface area (Å²) < 4.78 is 5.21. The van der Waals surface area contributed by atoms with Crippen molar-refractivity contribution in [3.8, 4) is 5.75 Å². The summed E-state index contributed by atoms with van der Waals surface area (Å²) in [5.41, 5.74) is -0.589. The Morgan fingerprint density at radius 3 is 2.13 bits per heavy atom. The van der Waals surface area contributed by atoms with Crippen molar-refractivity contribution in [1.82, 2.24) is 15.5 Å². The zero-order chi connectivity index (χ0) is 23.6. The molecule has 1 aromatic rings. The average molecular weight is 434 g/mol. The minimum atomic E-state index is -0.886. The number of hydrogen-bond donors (Lipinski definition) is 3. The van der Waals surface area contributed by atoms with Crippen molar-refractivity contribution in [2.75, 3.05) is 6.54 Å². The van der Waals surface area contributed by atoms with E-state index in [1.807, 2.05) is 27.7 Å². The van der Waals surface area contributed by atoms with E-state index in [0.29, 0.717) is 5.56 Å². The monoisotopic (exact) mass is 433 g/mol. The lowest BCUT2D eigenvalue weighted by molar-refractivity contribution is -0.141. The fourth-order valence-corrected chi connectivity index (χ4v) is 3.30. The number of ether oxygens (including phenoxy) is 1. The lowest BCUT2D eigenvalue weighted by Crippen LogP contribution is -2.52. The molecule has 1 aliphatic carbocycles. The molecule has 3 amide bonds. The Bertz CT molecular complexity index is 808. The number of phenols is 1. The van der Waals surface area contributed by atoms with Crippen molar-refractivity contribution in [3.63, 3.8) is 0 Å². The molecule has 172 valence electrons. The maximum Gasteiger partial charge on any atom is 0.408 e. The van der Waals surface area contributed by atoms with Crippen LogP contribution in [0.2, 0.25) is 0 Å². The number of amides is 3. The fourth-order valence-electron chi connectivity index (χ4n) is 3.30. The lowest BCUT2D eigenvalue weighted by atomic mass is 10.0. The van der Waals surface area contributed by atoms with E-state index in [1.165, 1.54) is 12.1 Å². The van der Waals surface area contributed by atoms with Crippen LogP contribution in [0.25, 0.3) is 0 Å². The predicted octanol–water partition coefficient (Wildman–Crippen LogP) is 3.11. The molecule has 3 N–H and O–H groups in total. The third kappa shape index (κ3) is 7.45. The zero-order valence-corrected chi connectivity index (χ0v) is 19.5. The van der Waals surface area contributed by atoms with Crippen LogP contribution >= 0.6 is 0 Å². The highest BCUT2D eigenvalue weighted by Gasteiger charge is 2.46. The van der Waals surface area contributed by atoms with Gasteiger partial charge in [-0.05, 0) is 71.6 Å². The van der Waals surface area contributed by atoms with Gasteiger partial charge in [-0.3, -0.25) is 9.59 Å². The molecule has 0 bridgehead atoms. The van der Waals surface area contributed by atoms with Crippen LogP contribution in [-0.2, 0) is 14.3 Å². The molecule has 0 aliphatic heterocycles. The van der Waals surface area contributed by atoms with Crippen molar-refractivity contribution in [2.45, 2.75) is 78.1 Å². The first-order valence-electron chi connectivity index (χ1n) is 10.6. The van der Waals surface area contributed by atoms with Gasteiger partial charge < -0.3 is 25.4 Å². The molecule has 1 saturated carbocycles. The largest absolute Gasteiger partial charge is 0.508 e. The first-order chi connectivity index (χ1) is 14.2. The number of aromatic hydroxyl groups is 1. The van der Waals surface area contributed by atoms with Crippen LogP contribution in [0.3, 0.4) is 0 Å². The van der Waals surface area contributed by atoms with Gasteiger partial charge in [0.2, 0.25) is 11.8 Å². The molecule has 2 rings (SSSR count). The van der Waals surface area contributed by atoms with Crippen LogP contribution in [0.15, 0.2) is 24.3 Å². The maximum absolute atomic E-state index is 13.3. The Balaban J connectivity index is 2.30. The molecule has 8 heteroatoms. The SMILES string of the molecule is CC1CC1N(C(=O)CNC(=O)OC(C)(C)C)C(C(=O)NC(C)(C)C)c1ccc(O)cc1. The van der Waals surface area contributed by atoms with E-state index in [9.17, 15) is 19.5 Å². The molecule has 0 radical (unpaired) electrons. The van der Waals surface area contributed by atoms with Gasteiger partial charge in [-0.2, -0.15) is 0 Å². The Labute approximate surface area is 184 Å². The van der Waals surface area contributed by atoms with E-state index in [2.05, 4.69) is 10.6 Å². The van der Waals surface area contributed by atoms with E-state index in [4.69, 9.17) is 4.74 Å². The summed E-state index contributed by atoms with van der Waals surface area (Å²) in [5, 5.41) is 15.1. The van der Waals surface area contributed by atoms with E-state index in [1.54, 1.807) is 37.8 Å². The second-order valence-electron chi connectivity index (χ2n) is 10.2. The fraction of sp³-hybridized carbons (Fsp3) is 0.609. The third-order valence-electron chi connectivity index (χ3n) is 4.73. The zero-order valence-electron chi connectivity index (χ0n) is 19.5. The summed E-state index contributed by atoms with van der Waals surface area (Å²) in [4.78, 5) is 40.1. The van der Waals surface area contributed by atoms with Gasteiger partial charge in [0.15, 0.2) is 0 Å². The van der Waals surface area contributed by atoms with Gasteiger partial charge in [-0.1, -0.05) is 19.1 Å². The highest BCUT2D eigenvalue weighted by Crippen LogP contribution is 2.40. The molecule has 0 spiro atoms. The molecule has 0 saturated heterocycles. The number of phenolic OH excluding ortho intramolecular Hbond substituents is 1. The molecule has 0 aromatic heterocycles. The first kappa shape index (κ1) is 24.5. The molecule has 0 heterocycles. The number of benzene rings is 1. The van der Waals surface area contributed by atoms with Crippen molar-refractivity contribution in [1.29, 1.82) is 0 Å². The van der Waals surface area contributed by atoms with E-state index in [0.717, 1.165) is 6.42 Å².